The van der Waals surface area contributed by atoms with Crippen molar-refractivity contribution in [3.05, 3.63) is 65.5 Å². The summed E-state index contributed by atoms with van der Waals surface area (Å²) in [7, 11) is 0. The van der Waals surface area contributed by atoms with E-state index in [9.17, 15) is 9.50 Å². The first-order chi connectivity index (χ1) is 18.6. The van der Waals surface area contributed by atoms with Gasteiger partial charge in [0.25, 0.3) is 0 Å². The summed E-state index contributed by atoms with van der Waals surface area (Å²) in [5.41, 5.74) is 2.69. The van der Waals surface area contributed by atoms with Crippen LogP contribution in [0, 0.1) is 12.7 Å². The molecule has 5 rings (SSSR count). The molecule has 2 fully saturated rings. The number of hydrogen-bond donors (Lipinski definition) is 1. The molecule has 8 nitrogen and oxygen atoms in total. The van der Waals surface area contributed by atoms with Gasteiger partial charge in [-0.05, 0) is 43.5 Å². The third-order valence-corrected chi connectivity index (χ3v) is 7.06. The van der Waals surface area contributed by atoms with Crippen LogP contribution >= 0.6 is 0 Å². The Hall–Kier alpha value is -2.98. The fraction of sp³-hybridized carbons (Fsp3) is 0.483. The number of anilines is 1. The van der Waals surface area contributed by atoms with Crippen molar-refractivity contribution in [1.29, 1.82) is 0 Å². The summed E-state index contributed by atoms with van der Waals surface area (Å²) in [4.78, 5) is 4.24. The van der Waals surface area contributed by atoms with Crippen LogP contribution in [0.5, 0.6) is 5.75 Å². The van der Waals surface area contributed by atoms with Crippen LogP contribution in [0.25, 0.3) is 11.3 Å². The molecule has 3 aromatic rings. The molecule has 2 unspecified atom stereocenters. The third-order valence-electron chi connectivity index (χ3n) is 7.06. The number of ether oxygens (including phenoxy) is 3. The van der Waals surface area contributed by atoms with Crippen LogP contribution in [-0.2, 0) is 16.0 Å². The average molecular weight is 526 g/mol. The van der Waals surface area contributed by atoms with Crippen LogP contribution in [-0.4, -0.2) is 80.0 Å². The van der Waals surface area contributed by atoms with Crippen molar-refractivity contribution in [1.82, 2.24) is 10.1 Å². The molecule has 0 radical (unpaired) electrons. The predicted molar refractivity (Wildman–Crippen MR) is 142 cm³/mol. The number of aromatic nitrogens is 1. The molecule has 38 heavy (non-hydrogen) atoms. The fourth-order valence-electron chi connectivity index (χ4n) is 5.08. The SMILES string of the molecule is Cc1ccccc1OCC(O)CN(Cc1c(-c2ccccc2F)noc1N1CCOCC1)CC1CCCO1. The highest BCUT2D eigenvalue weighted by atomic mass is 19.1. The molecule has 2 aromatic carbocycles. The Kier molecular flexibility index (Phi) is 8.90. The Morgan fingerprint density at radius 3 is 2.68 bits per heavy atom. The number of nitrogens with zero attached hydrogens (tertiary/aromatic N) is 3. The molecule has 0 aliphatic carbocycles. The minimum Gasteiger partial charge on any atom is -0.491 e. The molecule has 1 aromatic heterocycles. The summed E-state index contributed by atoms with van der Waals surface area (Å²) < 4.78 is 38.1. The molecule has 2 saturated heterocycles. The highest BCUT2D eigenvalue weighted by Gasteiger charge is 2.29. The average Bonchev–Trinajstić information content (AvgIpc) is 3.59. The van der Waals surface area contributed by atoms with E-state index in [0.29, 0.717) is 63.1 Å². The van der Waals surface area contributed by atoms with Crippen molar-refractivity contribution in [2.75, 3.05) is 57.5 Å². The van der Waals surface area contributed by atoms with E-state index in [0.717, 1.165) is 36.3 Å². The summed E-state index contributed by atoms with van der Waals surface area (Å²) >= 11 is 0. The lowest BCUT2D eigenvalue weighted by atomic mass is 10.1. The van der Waals surface area contributed by atoms with Gasteiger partial charge >= 0.3 is 0 Å². The molecule has 9 heteroatoms. The zero-order valence-corrected chi connectivity index (χ0v) is 21.9. The molecule has 0 bridgehead atoms. The summed E-state index contributed by atoms with van der Waals surface area (Å²) in [5, 5.41) is 15.3. The van der Waals surface area contributed by atoms with Crippen molar-refractivity contribution in [3.63, 3.8) is 0 Å². The molecule has 2 aliphatic heterocycles. The Bertz CT molecular complexity index is 1180. The number of para-hydroxylation sites is 1. The van der Waals surface area contributed by atoms with E-state index < -0.39 is 6.10 Å². The molecule has 0 spiro atoms. The lowest BCUT2D eigenvalue weighted by Gasteiger charge is -2.30. The van der Waals surface area contributed by atoms with Crippen LogP contribution in [0.1, 0.15) is 24.0 Å². The number of aliphatic hydroxyl groups excluding tert-OH is 1. The topological polar surface area (TPSA) is 80.4 Å². The van der Waals surface area contributed by atoms with Crippen LogP contribution in [0.15, 0.2) is 53.1 Å². The number of benzene rings is 2. The standard InChI is InChI=1S/C29H36FN3O5/c1-21-7-2-5-11-27(21)37-20-22(34)17-32(18-23-8-6-14-36-23)19-25-28(24-9-3-4-10-26(24)30)31-38-29(25)33-12-15-35-16-13-33/h2-5,7,9-11,22-23,34H,6,8,12-20H2,1H3. The highest BCUT2D eigenvalue weighted by molar-refractivity contribution is 5.69. The van der Waals surface area contributed by atoms with Gasteiger partial charge in [0.15, 0.2) is 0 Å². The zero-order chi connectivity index (χ0) is 26.3. The normalized spacial score (nSPS) is 18.7. The number of morpholine rings is 1. The van der Waals surface area contributed by atoms with Gasteiger partial charge in [-0.2, -0.15) is 0 Å². The number of hydrogen-bond acceptors (Lipinski definition) is 8. The molecule has 204 valence electrons. The van der Waals surface area contributed by atoms with Crippen molar-refractivity contribution in [3.8, 4) is 17.0 Å². The van der Waals surface area contributed by atoms with Gasteiger partial charge in [0.05, 0.1) is 24.9 Å². The first-order valence-electron chi connectivity index (χ1n) is 13.3. The second-order valence-electron chi connectivity index (χ2n) is 9.95. The summed E-state index contributed by atoms with van der Waals surface area (Å²) in [6, 6.07) is 14.4. The summed E-state index contributed by atoms with van der Waals surface area (Å²) in [5.74, 6) is 1.02. The maximum absolute atomic E-state index is 14.9. The van der Waals surface area contributed by atoms with Crippen molar-refractivity contribution in [2.24, 2.45) is 0 Å². The van der Waals surface area contributed by atoms with Gasteiger partial charge in [-0.1, -0.05) is 35.5 Å². The van der Waals surface area contributed by atoms with E-state index in [-0.39, 0.29) is 18.5 Å². The lowest BCUT2D eigenvalue weighted by molar-refractivity contribution is 0.0312. The van der Waals surface area contributed by atoms with E-state index in [1.54, 1.807) is 18.2 Å². The second-order valence-corrected chi connectivity index (χ2v) is 9.95. The first-order valence-corrected chi connectivity index (χ1v) is 13.3. The predicted octanol–water partition coefficient (Wildman–Crippen LogP) is 4.05. The molecule has 0 amide bonds. The van der Waals surface area contributed by atoms with E-state index in [4.69, 9.17) is 18.7 Å². The van der Waals surface area contributed by atoms with Crippen LogP contribution < -0.4 is 9.64 Å². The van der Waals surface area contributed by atoms with E-state index in [2.05, 4.69) is 15.0 Å². The monoisotopic (exact) mass is 525 g/mol. The number of rotatable bonds is 11. The third kappa shape index (κ3) is 6.53. The first kappa shape index (κ1) is 26.6. The van der Waals surface area contributed by atoms with Gasteiger partial charge in [0.1, 0.15) is 30.0 Å². The Morgan fingerprint density at radius 2 is 1.92 bits per heavy atom. The number of halogens is 1. The molecule has 3 heterocycles. The zero-order valence-electron chi connectivity index (χ0n) is 21.9. The van der Waals surface area contributed by atoms with E-state index in [1.165, 1.54) is 6.07 Å². The molecule has 2 atom stereocenters. The van der Waals surface area contributed by atoms with Crippen LogP contribution in [0.2, 0.25) is 0 Å². The Labute approximate surface area is 222 Å². The largest absolute Gasteiger partial charge is 0.491 e. The Morgan fingerprint density at radius 1 is 1.13 bits per heavy atom. The maximum Gasteiger partial charge on any atom is 0.232 e. The maximum atomic E-state index is 14.9. The van der Waals surface area contributed by atoms with Crippen molar-refractivity contribution < 1.29 is 28.2 Å². The summed E-state index contributed by atoms with van der Waals surface area (Å²) in [6.07, 6.45) is 1.32. The van der Waals surface area contributed by atoms with Crippen LogP contribution in [0.4, 0.5) is 10.3 Å². The molecular formula is C29H36FN3O5. The quantitative estimate of drug-likeness (QED) is 0.402. The van der Waals surface area contributed by atoms with Crippen LogP contribution in [0.3, 0.4) is 0 Å². The smallest absolute Gasteiger partial charge is 0.232 e. The van der Waals surface area contributed by atoms with E-state index in [1.807, 2.05) is 31.2 Å². The minimum absolute atomic E-state index is 0.0723. The van der Waals surface area contributed by atoms with Crippen molar-refractivity contribution >= 4 is 5.88 Å². The second kappa shape index (κ2) is 12.7. The summed E-state index contributed by atoms with van der Waals surface area (Å²) in [6.45, 7) is 6.79. The van der Waals surface area contributed by atoms with Gasteiger partial charge in [-0.15, -0.1) is 0 Å². The fourth-order valence-corrected chi connectivity index (χ4v) is 5.08. The van der Waals surface area contributed by atoms with Gasteiger partial charge in [0.2, 0.25) is 5.88 Å². The number of aryl methyl sites for hydroxylation is 1. The molecule has 2 aliphatic rings. The minimum atomic E-state index is -0.736. The van der Waals surface area contributed by atoms with Crippen molar-refractivity contribution in [2.45, 2.75) is 38.5 Å². The van der Waals surface area contributed by atoms with Gasteiger partial charge in [0, 0.05) is 44.9 Å². The molecule has 1 N–H and O–H groups in total. The van der Waals surface area contributed by atoms with Gasteiger partial charge in [-0.3, -0.25) is 4.90 Å². The highest BCUT2D eigenvalue weighted by Crippen LogP contribution is 2.34. The number of aliphatic hydroxyl groups is 1. The van der Waals surface area contributed by atoms with E-state index >= 15 is 0 Å². The van der Waals surface area contributed by atoms with Gasteiger partial charge in [-0.25, -0.2) is 4.39 Å². The van der Waals surface area contributed by atoms with Gasteiger partial charge < -0.3 is 28.7 Å². The molecular weight excluding hydrogens is 489 g/mol. The Balaban J connectivity index is 1.39. The molecule has 0 saturated carbocycles. The lowest BCUT2D eigenvalue weighted by Crippen LogP contribution is -2.40.